The molecule has 0 fully saturated rings. The van der Waals surface area contributed by atoms with E-state index in [0.717, 1.165) is 34.6 Å². The number of hydrogen-bond donors (Lipinski definition) is 1. The van der Waals surface area contributed by atoms with E-state index in [1.165, 1.54) is 0 Å². The van der Waals surface area contributed by atoms with Crippen molar-refractivity contribution >= 4 is 15.9 Å². The van der Waals surface area contributed by atoms with Crippen LogP contribution in [0.4, 0.5) is 0 Å². The zero-order chi connectivity index (χ0) is 14.0. The highest BCUT2D eigenvalue weighted by atomic mass is 79.9. The van der Waals surface area contributed by atoms with E-state index in [1.807, 2.05) is 37.6 Å². The predicted octanol–water partition coefficient (Wildman–Crippen LogP) is 3.41. The van der Waals surface area contributed by atoms with Gasteiger partial charge in [-0.2, -0.15) is 5.10 Å². The van der Waals surface area contributed by atoms with Gasteiger partial charge in [0.15, 0.2) is 0 Å². The summed E-state index contributed by atoms with van der Waals surface area (Å²) in [7, 11) is 0. The molecule has 2 rings (SSSR count). The summed E-state index contributed by atoms with van der Waals surface area (Å²) in [6, 6.07) is 3.76. The second-order valence-electron chi connectivity index (χ2n) is 4.54. The maximum atomic E-state index is 10.3. The first-order chi connectivity index (χ1) is 9.06. The fraction of sp³-hybridized carbons (Fsp3) is 0.500. The first-order valence-corrected chi connectivity index (χ1v) is 7.34. The van der Waals surface area contributed by atoms with Gasteiger partial charge >= 0.3 is 0 Å². The first-order valence-electron chi connectivity index (χ1n) is 6.55. The number of aromatic nitrogens is 2. The zero-order valence-corrected chi connectivity index (χ0v) is 13.1. The van der Waals surface area contributed by atoms with Crippen LogP contribution in [-0.2, 0) is 19.4 Å². The van der Waals surface area contributed by atoms with Crippen LogP contribution < -0.4 is 0 Å². The summed E-state index contributed by atoms with van der Waals surface area (Å²) < 4.78 is 8.47. The van der Waals surface area contributed by atoms with E-state index in [2.05, 4.69) is 21.0 Å². The molecule has 0 aromatic carbocycles. The highest BCUT2D eigenvalue weighted by molar-refractivity contribution is 9.10. The van der Waals surface area contributed by atoms with Gasteiger partial charge in [-0.05, 0) is 41.9 Å². The second kappa shape index (κ2) is 5.92. The topological polar surface area (TPSA) is 51.2 Å². The molecule has 1 N–H and O–H groups in total. The van der Waals surface area contributed by atoms with E-state index < -0.39 is 6.10 Å². The standard InChI is InChI=1S/C14H19BrN2O2/c1-4-10-6-7-13(19-10)12(18)8-11-14(15)9(3)16-17(11)5-2/h6-7,12,18H,4-5,8H2,1-3H3. The predicted molar refractivity (Wildman–Crippen MR) is 77.1 cm³/mol. The van der Waals surface area contributed by atoms with Crippen LogP contribution in [0, 0.1) is 6.92 Å². The van der Waals surface area contributed by atoms with Gasteiger partial charge in [-0.25, -0.2) is 0 Å². The number of aryl methyl sites for hydroxylation is 3. The normalized spacial score (nSPS) is 12.9. The van der Waals surface area contributed by atoms with E-state index in [1.54, 1.807) is 0 Å². The van der Waals surface area contributed by atoms with Gasteiger partial charge in [0.05, 0.1) is 15.9 Å². The van der Waals surface area contributed by atoms with Crippen molar-refractivity contribution in [3.8, 4) is 0 Å². The van der Waals surface area contributed by atoms with Gasteiger partial charge in [-0.1, -0.05) is 6.92 Å². The summed E-state index contributed by atoms with van der Waals surface area (Å²) >= 11 is 3.54. The lowest BCUT2D eigenvalue weighted by atomic mass is 10.1. The van der Waals surface area contributed by atoms with Gasteiger partial charge < -0.3 is 9.52 Å². The molecule has 2 aromatic rings. The summed E-state index contributed by atoms with van der Waals surface area (Å²) in [4.78, 5) is 0. The second-order valence-corrected chi connectivity index (χ2v) is 5.33. The molecule has 2 heterocycles. The summed E-state index contributed by atoms with van der Waals surface area (Å²) in [6.07, 6.45) is 0.687. The summed E-state index contributed by atoms with van der Waals surface area (Å²) in [5, 5.41) is 14.7. The van der Waals surface area contributed by atoms with E-state index in [9.17, 15) is 5.11 Å². The van der Waals surface area contributed by atoms with Gasteiger partial charge in [0.25, 0.3) is 0 Å². The van der Waals surface area contributed by atoms with Gasteiger partial charge in [0, 0.05) is 19.4 Å². The molecule has 5 heteroatoms. The minimum atomic E-state index is -0.641. The third-order valence-corrected chi connectivity index (χ3v) is 4.23. The highest BCUT2D eigenvalue weighted by Crippen LogP contribution is 2.27. The Morgan fingerprint density at radius 2 is 2.16 bits per heavy atom. The Morgan fingerprint density at radius 1 is 1.42 bits per heavy atom. The van der Waals surface area contributed by atoms with E-state index >= 15 is 0 Å². The van der Waals surface area contributed by atoms with Crippen molar-refractivity contribution in [2.24, 2.45) is 0 Å². The van der Waals surface area contributed by atoms with Crippen LogP contribution in [0.1, 0.15) is 42.9 Å². The van der Waals surface area contributed by atoms with E-state index in [4.69, 9.17) is 4.42 Å². The van der Waals surface area contributed by atoms with Gasteiger partial charge in [-0.3, -0.25) is 4.68 Å². The Labute approximate surface area is 121 Å². The molecule has 1 atom stereocenters. The molecule has 0 saturated heterocycles. The smallest absolute Gasteiger partial charge is 0.133 e. The molecule has 2 aromatic heterocycles. The van der Waals surface area contributed by atoms with E-state index in [0.29, 0.717) is 12.2 Å². The SMILES string of the molecule is CCc1ccc(C(O)Cc2c(Br)c(C)nn2CC)o1. The molecule has 0 radical (unpaired) electrons. The molecule has 0 spiro atoms. The third kappa shape index (κ3) is 2.92. The fourth-order valence-corrected chi connectivity index (χ4v) is 2.56. The molecular formula is C14H19BrN2O2. The molecular weight excluding hydrogens is 308 g/mol. The largest absolute Gasteiger partial charge is 0.463 e. The quantitative estimate of drug-likeness (QED) is 0.916. The molecule has 19 heavy (non-hydrogen) atoms. The van der Waals surface area contributed by atoms with Crippen LogP contribution in [0.5, 0.6) is 0 Å². The Bertz CT molecular complexity index is 560. The minimum Gasteiger partial charge on any atom is -0.463 e. The van der Waals surface area contributed by atoms with Crippen molar-refractivity contribution in [2.45, 2.75) is 46.3 Å². The Balaban J connectivity index is 2.20. The third-order valence-electron chi connectivity index (χ3n) is 3.20. The van der Waals surface area contributed by atoms with Crippen LogP contribution in [0.3, 0.4) is 0 Å². The Morgan fingerprint density at radius 3 is 2.74 bits per heavy atom. The summed E-state index contributed by atoms with van der Waals surface area (Å²) in [5.74, 6) is 1.51. The van der Waals surface area contributed by atoms with Gasteiger partial charge in [0.2, 0.25) is 0 Å². The average molecular weight is 327 g/mol. The van der Waals surface area contributed by atoms with Crippen molar-refractivity contribution in [1.82, 2.24) is 9.78 Å². The fourth-order valence-electron chi connectivity index (χ4n) is 2.11. The van der Waals surface area contributed by atoms with Crippen molar-refractivity contribution in [3.63, 3.8) is 0 Å². The van der Waals surface area contributed by atoms with Crippen LogP contribution >= 0.6 is 15.9 Å². The first kappa shape index (κ1) is 14.3. The monoisotopic (exact) mass is 326 g/mol. The Kier molecular flexibility index (Phi) is 4.47. The average Bonchev–Trinajstić information content (AvgIpc) is 2.98. The molecule has 0 saturated carbocycles. The van der Waals surface area contributed by atoms with Gasteiger partial charge in [0.1, 0.15) is 17.6 Å². The highest BCUT2D eigenvalue weighted by Gasteiger charge is 2.19. The molecule has 0 aliphatic carbocycles. The maximum Gasteiger partial charge on any atom is 0.133 e. The minimum absolute atomic E-state index is 0.492. The lowest BCUT2D eigenvalue weighted by molar-refractivity contribution is 0.145. The zero-order valence-electron chi connectivity index (χ0n) is 11.5. The lowest BCUT2D eigenvalue weighted by Crippen LogP contribution is -2.08. The number of halogens is 1. The van der Waals surface area contributed by atoms with Crippen molar-refractivity contribution in [1.29, 1.82) is 0 Å². The number of aliphatic hydroxyl groups is 1. The van der Waals surface area contributed by atoms with E-state index in [-0.39, 0.29) is 0 Å². The summed E-state index contributed by atoms with van der Waals surface area (Å²) in [5.41, 5.74) is 1.94. The summed E-state index contributed by atoms with van der Waals surface area (Å²) in [6.45, 7) is 6.80. The molecule has 104 valence electrons. The number of rotatable bonds is 5. The van der Waals surface area contributed by atoms with Crippen molar-refractivity contribution in [2.75, 3.05) is 0 Å². The van der Waals surface area contributed by atoms with Crippen molar-refractivity contribution < 1.29 is 9.52 Å². The number of nitrogens with zero attached hydrogens (tertiary/aromatic N) is 2. The van der Waals surface area contributed by atoms with Crippen molar-refractivity contribution in [3.05, 3.63) is 39.5 Å². The molecule has 0 bridgehead atoms. The Hall–Kier alpha value is -1.07. The van der Waals surface area contributed by atoms with Crippen LogP contribution in [0.25, 0.3) is 0 Å². The molecule has 1 unspecified atom stereocenters. The molecule has 4 nitrogen and oxygen atoms in total. The molecule has 0 aliphatic heterocycles. The van der Waals surface area contributed by atoms with Gasteiger partial charge in [-0.15, -0.1) is 0 Å². The lowest BCUT2D eigenvalue weighted by Gasteiger charge is -2.10. The molecule has 0 aliphatic rings. The van der Waals surface area contributed by atoms with Crippen LogP contribution in [0.15, 0.2) is 21.0 Å². The number of furan rings is 1. The number of aliphatic hydroxyl groups excluding tert-OH is 1. The number of hydrogen-bond acceptors (Lipinski definition) is 3. The molecule has 0 amide bonds. The van der Waals surface area contributed by atoms with Crippen LogP contribution in [-0.4, -0.2) is 14.9 Å². The van der Waals surface area contributed by atoms with Crippen LogP contribution in [0.2, 0.25) is 0 Å². The maximum absolute atomic E-state index is 10.3.